The molecular formula is C22H20FN5O3S. The first-order valence-electron chi connectivity index (χ1n) is 9.61. The summed E-state index contributed by atoms with van der Waals surface area (Å²) in [6, 6.07) is 15.2. The van der Waals surface area contributed by atoms with E-state index in [0.717, 1.165) is 11.4 Å². The molecule has 0 aliphatic carbocycles. The highest BCUT2D eigenvalue weighted by atomic mass is 32.1. The van der Waals surface area contributed by atoms with E-state index < -0.39 is 11.7 Å². The van der Waals surface area contributed by atoms with E-state index in [1.165, 1.54) is 29.5 Å². The number of nitrogens with zero attached hydrogens (tertiary/aromatic N) is 3. The number of carbonyl (C=O) groups excluding carboxylic acids is 1. The molecule has 0 saturated carbocycles. The molecule has 0 saturated heterocycles. The summed E-state index contributed by atoms with van der Waals surface area (Å²) in [7, 11) is 3.18. The maximum Gasteiger partial charge on any atom is 0.260 e. The lowest BCUT2D eigenvalue weighted by Crippen LogP contribution is -2.13. The first-order chi connectivity index (χ1) is 15.6. The molecule has 4 aromatic rings. The number of anilines is 2. The zero-order valence-electron chi connectivity index (χ0n) is 17.3. The lowest BCUT2D eigenvalue weighted by Gasteiger charge is -2.12. The van der Waals surface area contributed by atoms with Gasteiger partial charge in [-0.15, -0.1) is 10.2 Å². The molecule has 2 N–H and O–H groups in total. The van der Waals surface area contributed by atoms with Crippen LogP contribution in [-0.2, 0) is 6.54 Å². The van der Waals surface area contributed by atoms with E-state index in [-0.39, 0.29) is 10.7 Å². The van der Waals surface area contributed by atoms with Gasteiger partial charge in [0.1, 0.15) is 5.82 Å². The van der Waals surface area contributed by atoms with Gasteiger partial charge in [0.2, 0.25) is 10.3 Å². The molecule has 0 aliphatic heterocycles. The van der Waals surface area contributed by atoms with Crippen LogP contribution in [0, 0.1) is 5.82 Å². The van der Waals surface area contributed by atoms with E-state index in [2.05, 4.69) is 20.8 Å². The maximum atomic E-state index is 13.8. The molecular weight excluding hydrogens is 433 g/mol. The summed E-state index contributed by atoms with van der Waals surface area (Å²) in [6.07, 6.45) is 1.86. The second kappa shape index (κ2) is 9.48. The molecule has 0 fully saturated rings. The van der Waals surface area contributed by atoms with Crippen LogP contribution in [0.5, 0.6) is 11.5 Å². The summed E-state index contributed by atoms with van der Waals surface area (Å²) in [5, 5.41) is 14.9. The molecule has 10 heteroatoms. The number of amides is 1. The first kappa shape index (κ1) is 21.3. The van der Waals surface area contributed by atoms with Crippen LogP contribution in [0.3, 0.4) is 0 Å². The molecule has 2 aromatic heterocycles. The average molecular weight is 453 g/mol. The van der Waals surface area contributed by atoms with Gasteiger partial charge in [-0.3, -0.25) is 14.7 Å². The van der Waals surface area contributed by atoms with Gasteiger partial charge in [-0.1, -0.05) is 23.5 Å². The number of aromatic nitrogens is 3. The average Bonchev–Trinajstić information content (AvgIpc) is 3.46. The van der Waals surface area contributed by atoms with E-state index in [4.69, 9.17) is 9.47 Å². The summed E-state index contributed by atoms with van der Waals surface area (Å²) in [6.45, 7) is 0.513. The molecule has 0 radical (unpaired) electrons. The first-order valence-corrected chi connectivity index (χ1v) is 10.4. The minimum Gasteiger partial charge on any atom is -0.493 e. The Kier molecular flexibility index (Phi) is 6.31. The third kappa shape index (κ3) is 4.54. The van der Waals surface area contributed by atoms with E-state index in [0.29, 0.717) is 23.2 Å². The fourth-order valence-corrected chi connectivity index (χ4v) is 3.82. The van der Waals surface area contributed by atoms with Gasteiger partial charge < -0.3 is 14.8 Å². The quantitative estimate of drug-likeness (QED) is 0.412. The number of nitrogens with one attached hydrogen (secondary N) is 2. The number of benzene rings is 2. The molecule has 2 heterocycles. The Hall–Kier alpha value is -3.92. The molecule has 0 bridgehead atoms. The van der Waals surface area contributed by atoms with Crippen molar-refractivity contribution in [3.05, 3.63) is 77.9 Å². The van der Waals surface area contributed by atoms with Crippen LogP contribution >= 0.6 is 11.3 Å². The Labute approximate surface area is 187 Å². The van der Waals surface area contributed by atoms with Gasteiger partial charge in [0.05, 0.1) is 26.3 Å². The fourth-order valence-electron chi connectivity index (χ4n) is 3.06. The van der Waals surface area contributed by atoms with Crippen molar-refractivity contribution in [1.29, 1.82) is 0 Å². The molecule has 1 amide bonds. The second-order valence-corrected chi connectivity index (χ2v) is 7.57. The lowest BCUT2D eigenvalue weighted by atomic mass is 10.2. The predicted molar refractivity (Wildman–Crippen MR) is 120 cm³/mol. The number of methoxy groups -OCH3 is 2. The van der Waals surface area contributed by atoms with Gasteiger partial charge >= 0.3 is 0 Å². The Morgan fingerprint density at radius 2 is 1.88 bits per heavy atom. The monoisotopic (exact) mass is 453 g/mol. The van der Waals surface area contributed by atoms with Crippen LogP contribution in [-0.4, -0.2) is 34.9 Å². The predicted octanol–water partition coefficient (Wildman–Crippen LogP) is 4.35. The van der Waals surface area contributed by atoms with Crippen LogP contribution in [0.2, 0.25) is 0 Å². The minimum absolute atomic E-state index is 0.0509. The smallest absolute Gasteiger partial charge is 0.260 e. The van der Waals surface area contributed by atoms with Crippen LogP contribution in [0.15, 0.2) is 60.8 Å². The van der Waals surface area contributed by atoms with Gasteiger partial charge in [0.25, 0.3) is 5.91 Å². The SMILES string of the molecule is COc1ccc(NCc2cccn2-c2nnc(NC(=O)c3ccccc3F)s2)cc1OC. The molecule has 32 heavy (non-hydrogen) atoms. The highest BCUT2D eigenvalue weighted by Gasteiger charge is 2.15. The topological polar surface area (TPSA) is 90.3 Å². The third-order valence-corrected chi connectivity index (χ3v) is 5.49. The van der Waals surface area contributed by atoms with Crippen molar-refractivity contribution >= 4 is 28.1 Å². The molecule has 164 valence electrons. The normalized spacial score (nSPS) is 10.6. The molecule has 2 aromatic carbocycles. The van der Waals surface area contributed by atoms with Crippen LogP contribution in [0.4, 0.5) is 15.2 Å². The largest absolute Gasteiger partial charge is 0.493 e. The van der Waals surface area contributed by atoms with Crippen LogP contribution < -0.4 is 20.1 Å². The van der Waals surface area contributed by atoms with E-state index >= 15 is 0 Å². The summed E-state index contributed by atoms with van der Waals surface area (Å²) >= 11 is 1.19. The minimum atomic E-state index is -0.594. The molecule has 0 aliphatic rings. The zero-order chi connectivity index (χ0) is 22.5. The van der Waals surface area contributed by atoms with Crippen LogP contribution in [0.25, 0.3) is 5.13 Å². The zero-order valence-corrected chi connectivity index (χ0v) is 18.1. The summed E-state index contributed by atoms with van der Waals surface area (Å²) in [4.78, 5) is 12.3. The van der Waals surface area contributed by atoms with Crippen molar-refractivity contribution in [2.45, 2.75) is 6.54 Å². The number of rotatable bonds is 8. The fraction of sp³-hybridized carbons (Fsp3) is 0.136. The molecule has 0 atom stereocenters. The van der Waals surface area contributed by atoms with Gasteiger partial charge in [-0.25, -0.2) is 4.39 Å². The van der Waals surface area contributed by atoms with Gasteiger partial charge in [-0.05, 0) is 36.4 Å². The van der Waals surface area contributed by atoms with E-state index in [9.17, 15) is 9.18 Å². The van der Waals surface area contributed by atoms with Crippen molar-refractivity contribution in [2.75, 3.05) is 24.9 Å². The van der Waals surface area contributed by atoms with Crippen molar-refractivity contribution in [3.63, 3.8) is 0 Å². The Morgan fingerprint density at radius 1 is 1.06 bits per heavy atom. The number of hydrogen-bond donors (Lipinski definition) is 2. The Balaban J connectivity index is 1.46. The number of hydrogen-bond acceptors (Lipinski definition) is 7. The molecule has 0 spiro atoms. The van der Waals surface area contributed by atoms with Crippen molar-refractivity contribution in [2.24, 2.45) is 0 Å². The third-order valence-electron chi connectivity index (χ3n) is 4.65. The molecule has 0 unspecified atom stereocenters. The second-order valence-electron chi connectivity index (χ2n) is 6.62. The highest BCUT2D eigenvalue weighted by molar-refractivity contribution is 7.17. The number of carbonyl (C=O) groups is 1. The molecule has 8 nitrogen and oxygen atoms in total. The summed E-state index contributed by atoms with van der Waals surface area (Å²) in [5.74, 6) is 0.116. The van der Waals surface area contributed by atoms with Gasteiger partial charge in [-0.2, -0.15) is 0 Å². The van der Waals surface area contributed by atoms with Crippen molar-refractivity contribution in [3.8, 4) is 16.6 Å². The highest BCUT2D eigenvalue weighted by Crippen LogP contribution is 2.30. The van der Waals surface area contributed by atoms with Gasteiger partial charge in [0.15, 0.2) is 11.5 Å². The number of ether oxygens (including phenoxy) is 2. The Morgan fingerprint density at radius 3 is 2.66 bits per heavy atom. The van der Waals surface area contributed by atoms with Crippen molar-refractivity contribution in [1.82, 2.24) is 14.8 Å². The van der Waals surface area contributed by atoms with Gasteiger partial charge in [0, 0.05) is 23.6 Å². The van der Waals surface area contributed by atoms with Crippen LogP contribution in [0.1, 0.15) is 16.1 Å². The molecule has 4 rings (SSSR count). The summed E-state index contributed by atoms with van der Waals surface area (Å²) in [5.41, 5.74) is 1.75. The summed E-state index contributed by atoms with van der Waals surface area (Å²) < 4.78 is 26.3. The number of halogens is 1. The Bertz CT molecular complexity index is 1240. The standard InChI is InChI=1S/C22H20FN5O3S/c1-30-18-10-9-14(12-19(18)31-2)24-13-15-6-5-11-28(15)22-27-26-21(32-22)25-20(29)16-7-3-4-8-17(16)23/h3-12,24H,13H2,1-2H3,(H,25,26,29). The van der Waals surface area contributed by atoms with E-state index in [1.807, 2.05) is 41.1 Å². The van der Waals surface area contributed by atoms with E-state index in [1.54, 1.807) is 20.3 Å². The maximum absolute atomic E-state index is 13.8. The lowest BCUT2D eigenvalue weighted by molar-refractivity contribution is 0.102. The van der Waals surface area contributed by atoms with Crippen molar-refractivity contribution < 1.29 is 18.7 Å².